The van der Waals surface area contributed by atoms with Gasteiger partial charge in [0, 0.05) is 38.5 Å². The molecule has 1 amide bonds. The molecule has 0 spiro atoms. The van der Waals surface area contributed by atoms with Crippen LogP contribution in [-0.2, 0) is 11.3 Å². The number of thiol groups is 1. The van der Waals surface area contributed by atoms with Crippen LogP contribution in [0.4, 0.5) is 4.39 Å². The second-order valence-corrected chi connectivity index (χ2v) is 5.33. The Morgan fingerprint density at radius 2 is 2.20 bits per heavy atom. The third-order valence-corrected chi connectivity index (χ3v) is 3.53. The summed E-state index contributed by atoms with van der Waals surface area (Å²) in [6, 6.07) is 6.31. The summed E-state index contributed by atoms with van der Waals surface area (Å²) in [5.41, 5.74) is 1.06. The van der Waals surface area contributed by atoms with Crippen molar-refractivity contribution in [3.8, 4) is 0 Å². The van der Waals surface area contributed by atoms with Gasteiger partial charge in [-0.3, -0.25) is 9.69 Å². The third-order valence-electron chi connectivity index (χ3n) is 3.31. The van der Waals surface area contributed by atoms with Gasteiger partial charge in [0.15, 0.2) is 0 Å². The first-order chi connectivity index (χ1) is 9.69. The molecule has 0 radical (unpaired) electrons. The Morgan fingerprint density at radius 3 is 2.90 bits per heavy atom. The van der Waals surface area contributed by atoms with E-state index in [0.29, 0.717) is 18.8 Å². The minimum absolute atomic E-state index is 0.0165. The molecule has 20 heavy (non-hydrogen) atoms. The molecule has 0 aromatic heterocycles. The van der Waals surface area contributed by atoms with Gasteiger partial charge in [-0.2, -0.15) is 12.6 Å². The number of rotatable bonds is 5. The second-order valence-electron chi connectivity index (χ2n) is 4.88. The van der Waals surface area contributed by atoms with E-state index in [1.165, 1.54) is 12.1 Å². The van der Waals surface area contributed by atoms with Gasteiger partial charge in [-0.1, -0.05) is 12.1 Å². The minimum Gasteiger partial charge on any atom is -0.354 e. The van der Waals surface area contributed by atoms with Gasteiger partial charge in [-0.15, -0.1) is 0 Å². The number of carbonyl (C=O) groups excluding carboxylic acids is 1. The summed E-state index contributed by atoms with van der Waals surface area (Å²) in [5, 5.41) is 6.05. The Hall–Kier alpha value is -1.11. The van der Waals surface area contributed by atoms with E-state index < -0.39 is 0 Å². The van der Waals surface area contributed by atoms with Crippen molar-refractivity contribution in [3.63, 3.8) is 0 Å². The fraction of sp³-hybridized carbons (Fsp3) is 0.500. The van der Waals surface area contributed by atoms with Crippen LogP contribution < -0.4 is 10.6 Å². The summed E-state index contributed by atoms with van der Waals surface area (Å²) in [4.78, 5) is 14.1. The molecular weight excluding hydrogens is 277 g/mol. The molecule has 1 aromatic rings. The van der Waals surface area contributed by atoms with Gasteiger partial charge in [-0.25, -0.2) is 4.39 Å². The monoisotopic (exact) mass is 297 g/mol. The molecule has 4 nitrogen and oxygen atoms in total. The Kier molecular flexibility index (Phi) is 5.82. The molecule has 1 aliphatic rings. The predicted molar refractivity (Wildman–Crippen MR) is 80.3 cm³/mol. The summed E-state index contributed by atoms with van der Waals surface area (Å²) in [6.45, 7) is 3.64. The largest absolute Gasteiger partial charge is 0.354 e. The molecule has 6 heteroatoms. The quantitative estimate of drug-likeness (QED) is 0.699. The first-order valence-electron chi connectivity index (χ1n) is 6.78. The second kappa shape index (κ2) is 7.61. The highest BCUT2D eigenvalue weighted by Crippen LogP contribution is 2.09. The molecule has 1 aromatic carbocycles. The summed E-state index contributed by atoms with van der Waals surface area (Å²) < 4.78 is 12.9. The Balaban J connectivity index is 1.86. The molecule has 1 saturated heterocycles. The molecule has 1 atom stereocenters. The number of amides is 1. The van der Waals surface area contributed by atoms with Gasteiger partial charge in [0.25, 0.3) is 0 Å². The van der Waals surface area contributed by atoms with Crippen molar-refractivity contribution >= 4 is 18.5 Å². The Bertz CT molecular complexity index is 441. The molecule has 1 fully saturated rings. The van der Waals surface area contributed by atoms with Crippen LogP contribution in [0.1, 0.15) is 5.56 Å². The fourth-order valence-electron chi connectivity index (χ4n) is 2.28. The summed E-state index contributed by atoms with van der Waals surface area (Å²) in [6.07, 6.45) is 0. The minimum atomic E-state index is -0.224. The zero-order valence-corrected chi connectivity index (χ0v) is 12.2. The van der Waals surface area contributed by atoms with Crippen molar-refractivity contribution in [3.05, 3.63) is 35.6 Å². The van der Waals surface area contributed by atoms with E-state index in [9.17, 15) is 9.18 Å². The predicted octanol–water partition coefficient (Wildman–Crippen LogP) is 0.645. The zero-order chi connectivity index (χ0) is 14.4. The molecule has 1 unspecified atom stereocenters. The lowest BCUT2D eigenvalue weighted by molar-refractivity contribution is -0.124. The average molecular weight is 297 g/mol. The number of halogens is 1. The SMILES string of the molecule is O=C(NCCS)C1CN(Cc2ccc(F)cc2)CCN1. The van der Waals surface area contributed by atoms with Crippen LogP contribution in [0.15, 0.2) is 24.3 Å². The molecule has 1 aliphatic heterocycles. The van der Waals surface area contributed by atoms with Crippen LogP contribution in [0.3, 0.4) is 0 Å². The highest BCUT2D eigenvalue weighted by atomic mass is 32.1. The summed E-state index contributed by atoms with van der Waals surface area (Å²) >= 11 is 4.08. The van der Waals surface area contributed by atoms with E-state index in [-0.39, 0.29) is 17.8 Å². The normalized spacial score (nSPS) is 19.8. The van der Waals surface area contributed by atoms with Gasteiger partial charge in [0.05, 0.1) is 6.04 Å². The highest BCUT2D eigenvalue weighted by molar-refractivity contribution is 7.80. The van der Waals surface area contributed by atoms with E-state index in [1.807, 2.05) is 0 Å². The number of nitrogens with one attached hydrogen (secondary N) is 2. The van der Waals surface area contributed by atoms with Gasteiger partial charge in [-0.05, 0) is 17.7 Å². The van der Waals surface area contributed by atoms with Gasteiger partial charge < -0.3 is 10.6 Å². The smallest absolute Gasteiger partial charge is 0.238 e. The van der Waals surface area contributed by atoms with Gasteiger partial charge in [0.1, 0.15) is 5.82 Å². The maximum atomic E-state index is 12.9. The van der Waals surface area contributed by atoms with E-state index in [0.717, 1.165) is 25.2 Å². The van der Waals surface area contributed by atoms with Crippen molar-refractivity contribution in [2.75, 3.05) is 31.9 Å². The number of nitrogens with zero attached hydrogens (tertiary/aromatic N) is 1. The maximum absolute atomic E-state index is 12.9. The number of hydrogen-bond acceptors (Lipinski definition) is 4. The standard InChI is InChI=1S/C14H20FN3OS/c15-12-3-1-11(2-4-12)9-18-7-5-16-13(10-18)14(19)17-6-8-20/h1-4,13,16,20H,5-10H2,(H,17,19). The Morgan fingerprint density at radius 1 is 1.45 bits per heavy atom. The Labute approximate surface area is 124 Å². The summed E-state index contributed by atoms with van der Waals surface area (Å²) in [5.74, 6) is 0.429. The van der Waals surface area contributed by atoms with Crippen LogP contribution in [0.25, 0.3) is 0 Å². The number of carbonyl (C=O) groups is 1. The van der Waals surface area contributed by atoms with Crippen molar-refractivity contribution in [1.29, 1.82) is 0 Å². The molecule has 0 aliphatic carbocycles. The van der Waals surface area contributed by atoms with Crippen molar-refractivity contribution in [1.82, 2.24) is 15.5 Å². The molecule has 2 rings (SSSR count). The molecule has 1 heterocycles. The molecule has 0 saturated carbocycles. The summed E-state index contributed by atoms with van der Waals surface area (Å²) in [7, 11) is 0. The van der Waals surface area contributed by atoms with E-state index in [2.05, 4.69) is 28.2 Å². The lowest BCUT2D eigenvalue weighted by Crippen LogP contribution is -2.56. The van der Waals surface area contributed by atoms with Crippen LogP contribution in [0.5, 0.6) is 0 Å². The lowest BCUT2D eigenvalue weighted by atomic mass is 10.1. The van der Waals surface area contributed by atoms with Crippen molar-refractivity contribution in [2.24, 2.45) is 0 Å². The highest BCUT2D eigenvalue weighted by Gasteiger charge is 2.24. The molecular formula is C14H20FN3OS. The average Bonchev–Trinajstić information content (AvgIpc) is 2.47. The van der Waals surface area contributed by atoms with Gasteiger partial charge in [0.2, 0.25) is 5.91 Å². The van der Waals surface area contributed by atoms with Crippen LogP contribution in [0.2, 0.25) is 0 Å². The number of benzene rings is 1. The van der Waals surface area contributed by atoms with Crippen LogP contribution in [-0.4, -0.2) is 48.8 Å². The number of hydrogen-bond donors (Lipinski definition) is 3. The third kappa shape index (κ3) is 4.47. The van der Waals surface area contributed by atoms with E-state index in [4.69, 9.17) is 0 Å². The van der Waals surface area contributed by atoms with Crippen LogP contribution >= 0.6 is 12.6 Å². The first-order valence-corrected chi connectivity index (χ1v) is 7.41. The van der Waals surface area contributed by atoms with Crippen LogP contribution in [0, 0.1) is 5.82 Å². The molecule has 2 N–H and O–H groups in total. The first kappa shape index (κ1) is 15.3. The van der Waals surface area contributed by atoms with E-state index in [1.54, 1.807) is 12.1 Å². The zero-order valence-electron chi connectivity index (χ0n) is 11.3. The van der Waals surface area contributed by atoms with Crippen molar-refractivity contribution < 1.29 is 9.18 Å². The fourth-order valence-corrected chi connectivity index (χ4v) is 2.39. The maximum Gasteiger partial charge on any atom is 0.238 e. The lowest BCUT2D eigenvalue weighted by Gasteiger charge is -2.32. The van der Waals surface area contributed by atoms with Gasteiger partial charge >= 0.3 is 0 Å². The number of piperazine rings is 1. The van der Waals surface area contributed by atoms with E-state index >= 15 is 0 Å². The van der Waals surface area contributed by atoms with Crippen molar-refractivity contribution in [2.45, 2.75) is 12.6 Å². The topological polar surface area (TPSA) is 44.4 Å². The molecule has 110 valence electrons. The molecule has 0 bridgehead atoms.